The second-order valence-electron chi connectivity index (χ2n) is 5.02. The zero-order valence-electron chi connectivity index (χ0n) is 12.0. The number of nitrogens with zero attached hydrogens (tertiary/aromatic N) is 2. The van der Waals surface area contributed by atoms with Crippen LogP contribution in [-0.2, 0) is 4.79 Å². The van der Waals surface area contributed by atoms with Crippen molar-refractivity contribution in [3.05, 3.63) is 0 Å². The lowest BCUT2D eigenvalue weighted by Gasteiger charge is -2.33. The molecule has 0 aromatic carbocycles. The predicted molar refractivity (Wildman–Crippen MR) is 76.9 cm³/mol. The van der Waals surface area contributed by atoms with Crippen LogP contribution in [0.4, 0.5) is 0 Å². The van der Waals surface area contributed by atoms with Crippen molar-refractivity contribution in [3.8, 4) is 11.8 Å². The van der Waals surface area contributed by atoms with Crippen molar-refractivity contribution in [3.63, 3.8) is 0 Å². The third-order valence-corrected chi connectivity index (χ3v) is 3.35. The Morgan fingerprint density at radius 1 is 1.16 bits per heavy atom. The average Bonchev–Trinajstić information content (AvgIpc) is 2.43. The highest BCUT2D eigenvalue weighted by atomic mass is 16.3. The van der Waals surface area contributed by atoms with Crippen LogP contribution in [0.5, 0.6) is 0 Å². The molecule has 0 spiro atoms. The molecule has 0 amide bonds. The fourth-order valence-electron chi connectivity index (χ4n) is 2.13. The van der Waals surface area contributed by atoms with Crippen molar-refractivity contribution in [1.29, 1.82) is 0 Å². The van der Waals surface area contributed by atoms with Crippen molar-refractivity contribution >= 4 is 5.78 Å². The van der Waals surface area contributed by atoms with Crippen LogP contribution in [0.3, 0.4) is 0 Å². The largest absolute Gasteiger partial charge is 0.396 e. The maximum atomic E-state index is 11.7. The Kier molecular flexibility index (Phi) is 8.48. The van der Waals surface area contributed by atoms with Gasteiger partial charge in [-0.1, -0.05) is 19.3 Å². The molecular formula is C15H26N2O2. The van der Waals surface area contributed by atoms with Gasteiger partial charge >= 0.3 is 0 Å². The number of carbonyl (C=O) groups excluding carboxylic acids is 1. The van der Waals surface area contributed by atoms with Crippen molar-refractivity contribution in [2.24, 2.45) is 0 Å². The van der Waals surface area contributed by atoms with Crippen LogP contribution < -0.4 is 0 Å². The van der Waals surface area contributed by atoms with E-state index >= 15 is 0 Å². The van der Waals surface area contributed by atoms with Crippen molar-refractivity contribution in [1.82, 2.24) is 9.80 Å². The van der Waals surface area contributed by atoms with Crippen LogP contribution in [0.15, 0.2) is 0 Å². The van der Waals surface area contributed by atoms with E-state index in [2.05, 4.69) is 28.6 Å². The zero-order chi connectivity index (χ0) is 13.9. The third kappa shape index (κ3) is 7.31. The van der Waals surface area contributed by atoms with E-state index in [1.54, 1.807) is 0 Å². The Hall–Kier alpha value is -0.890. The monoisotopic (exact) mass is 266 g/mol. The minimum atomic E-state index is 0.0416. The standard InChI is InChI=1S/C15H26N2O2/c1-2-3-4-5-7-15(19)14-17-11-9-16(10-12-17)8-6-13-18/h18H,2-4,6,8-14H2,1H3. The highest BCUT2D eigenvalue weighted by Crippen LogP contribution is 2.02. The number of hydrogen-bond acceptors (Lipinski definition) is 4. The smallest absolute Gasteiger partial charge is 0.219 e. The van der Waals surface area contributed by atoms with E-state index in [-0.39, 0.29) is 12.4 Å². The topological polar surface area (TPSA) is 43.8 Å². The summed E-state index contributed by atoms with van der Waals surface area (Å²) in [5, 5.41) is 8.79. The molecule has 0 unspecified atom stereocenters. The highest BCUT2D eigenvalue weighted by molar-refractivity contribution is 5.97. The molecule has 1 fully saturated rings. The van der Waals surface area contributed by atoms with Gasteiger partial charge in [0.05, 0.1) is 6.54 Å². The molecule has 108 valence electrons. The summed E-state index contributed by atoms with van der Waals surface area (Å²) >= 11 is 0. The van der Waals surface area contributed by atoms with Crippen LogP contribution in [0.2, 0.25) is 0 Å². The fourth-order valence-corrected chi connectivity index (χ4v) is 2.13. The van der Waals surface area contributed by atoms with E-state index < -0.39 is 0 Å². The first kappa shape index (κ1) is 16.2. The van der Waals surface area contributed by atoms with Gasteiger partial charge in [-0.3, -0.25) is 9.69 Å². The second-order valence-corrected chi connectivity index (χ2v) is 5.02. The lowest BCUT2D eigenvalue weighted by molar-refractivity contribution is -0.115. The van der Waals surface area contributed by atoms with Crippen LogP contribution in [-0.4, -0.2) is 66.6 Å². The minimum absolute atomic E-state index is 0.0416. The van der Waals surface area contributed by atoms with Gasteiger partial charge in [0.2, 0.25) is 5.78 Å². The Labute approximate surface area is 116 Å². The Morgan fingerprint density at radius 2 is 1.84 bits per heavy atom. The molecular weight excluding hydrogens is 240 g/mol. The number of ketones is 1. The number of unbranched alkanes of at least 4 members (excludes halogenated alkanes) is 2. The zero-order valence-corrected chi connectivity index (χ0v) is 12.0. The maximum Gasteiger partial charge on any atom is 0.219 e. The summed E-state index contributed by atoms with van der Waals surface area (Å²) < 4.78 is 0. The maximum absolute atomic E-state index is 11.7. The predicted octanol–water partition coefficient (Wildman–Crippen LogP) is 0.749. The Morgan fingerprint density at radius 3 is 2.47 bits per heavy atom. The van der Waals surface area contributed by atoms with Crippen molar-refractivity contribution in [2.45, 2.75) is 32.6 Å². The highest BCUT2D eigenvalue weighted by Gasteiger charge is 2.17. The average molecular weight is 266 g/mol. The lowest BCUT2D eigenvalue weighted by Crippen LogP contribution is -2.48. The molecule has 0 atom stereocenters. The molecule has 0 aliphatic carbocycles. The van der Waals surface area contributed by atoms with Gasteiger partial charge < -0.3 is 10.0 Å². The molecule has 4 nitrogen and oxygen atoms in total. The molecule has 0 saturated carbocycles. The Balaban J connectivity index is 2.17. The normalized spacial score (nSPS) is 16.9. The fraction of sp³-hybridized carbons (Fsp3) is 0.800. The summed E-state index contributed by atoms with van der Waals surface area (Å²) in [5.74, 6) is 5.72. The number of Topliss-reactive ketones (excluding diaryl/α,β-unsaturated/α-hetero) is 1. The van der Waals surface area contributed by atoms with Gasteiger partial charge in [0.15, 0.2) is 0 Å². The number of rotatable bonds is 7. The minimum Gasteiger partial charge on any atom is -0.396 e. The second kappa shape index (κ2) is 9.96. The van der Waals surface area contributed by atoms with E-state index in [0.29, 0.717) is 6.54 Å². The van der Waals surface area contributed by atoms with Crippen LogP contribution >= 0.6 is 0 Å². The summed E-state index contributed by atoms with van der Waals surface area (Å²) in [6.45, 7) is 7.61. The molecule has 1 aliphatic heterocycles. The molecule has 1 N–H and O–H groups in total. The molecule has 1 heterocycles. The van der Waals surface area contributed by atoms with E-state index in [0.717, 1.165) is 58.4 Å². The quantitative estimate of drug-likeness (QED) is 0.419. The molecule has 4 heteroatoms. The molecule has 19 heavy (non-hydrogen) atoms. The summed E-state index contributed by atoms with van der Waals surface area (Å²) in [4.78, 5) is 16.2. The molecule has 0 radical (unpaired) electrons. The first-order chi connectivity index (χ1) is 9.26. The molecule has 1 aliphatic rings. The SMILES string of the molecule is CCCCC#CC(=O)CN1CCN(CCCO)CC1. The first-order valence-electron chi connectivity index (χ1n) is 7.33. The van der Waals surface area contributed by atoms with E-state index in [1.165, 1.54) is 0 Å². The number of carbonyl (C=O) groups is 1. The van der Waals surface area contributed by atoms with Gasteiger partial charge in [0.1, 0.15) is 0 Å². The van der Waals surface area contributed by atoms with Gasteiger partial charge in [-0.15, -0.1) is 0 Å². The van der Waals surface area contributed by atoms with E-state index in [9.17, 15) is 4.79 Å². The molecule has 0 aromatic heterocycles. The van der Waals surface area contributed by atoms with Crippen LogP contribution in [0.1, 0.15) is 32.6 Å². The summed E-state index contributed by atoms with van der Waals surface area (Å²) in [6, 6.07) is 0. The molecule has 0 bridgehead atoms. The van der Waals surface area contributed by atoms with Gasteiger partial charge in [-0.2, -0.15) is 0 Å². The number of aliphatic hydroxyl groups excluding tert-OH is 1. The number of hydrogen-bond donors (Lipinski definition) is 1. The van der Waals surface area contributed by atoms with Crippen LogP contribution in [0.25, 0.3) is 0 Å². The van der Waals surface area contributed by atoms with E-state index in [1.807, 2.05) is 0 Å². The van der Waals surface area contributed by atoms with Gasteiger partial charge in [0, 0.05) is 45.8 Å². The Bertz CT molecular complexity index is 312. The lowest BCUT2D eigenvalue weighted by atomic mass is 10.2. The van der Waals surface area contributed by atoms with Gasteiger partial charge in [0.25, 0.3) is 0 Å². The third-order valence-electron chi connectivity index (χ3n) is 3.35. The number of piperazine rings is 1. The molecule has 1 saturated heterocycles. The first-order valence-corrected chi connectivity index (χ1v) is 7.33. The van der Waals surface area contributed by atoms with Crippen LogP contribution in [0, 0.1) is 11.8 Å². The summed E-state index contributed by atoms with van der Waals surface area (Å²) in [6.07, 6.45) is 3.86. The summed E-state index contributed by atoms with van der Waals surface area (Å²) in [5.41, 5.74) is 0. The molecule has 0 aromatic rings. The number of aliphatic hydroxyl groups is 1. The van der Waals surface area contributed by atoms with Gasteiger partial charge in [-0.25, -0.2) is 0 Å². The molecule has 1 rings (SSSR count). The van der Waals surface area contributed by atoms with Crippen molar-refractivity contribution in [2.75, 3.05) is 45.9 Å². The van der Waals surface area contributed by atoms with Gasteiger partial charge in [-0.05, 0) is 18.8 Å². The van der Waals surface area contributed by atoms with E-state index in [4.69, 9.17) is 5.11 Å². The summed E-state index contributed by atoms with van der Waals surface area (Å²) in [7, 11) is 0. The van der Waals surface area contributed by atoms with Crippen molar-refractivity contribution < 1.29 is 9.90 Å².